The normalized spacial score (nSPS) is 17.4. The summed E-state index contributed by atoms with van der Waals surface area (Å²) in [6.45, 7) is 4.49. The molecule has 0 aromatic carbocycles. The fourth-order valence-electron chi connectivity index (χ4n) is 1.35. The summed E-state index contributed by atoms with van der Waals surface area (Å²) in [5.74, 6) is 0. The van der Waals surface area contributed by atoms with Crippen molar-refractivity contribution < 1.29 is 20.4 Å². The van der Waals surface area contributed by atoms with Crippen molar-refractivity contribution in [2.24, 2.45) is 0 Å². The van der Waals surface area contributed by atoms with Gasteiger partial charge in [0.25, 0.3) is 0 Å². The molecule has 0 unspecified atom stereocenters. The summed E-state index contributed by atoms with van der Waals surface area (Å²) in [6.07, 6.45) is 7.53. The molecular weight excluding hydrogens is 168 g/mol. The van der Waals surface area contributed by atoms with Crippen LogP contribution in [0, 0.1) is 0 Å². The van der Waals surface area contributed by atoms with Gasteiger partial charge in [-0.05, 0) is 0 Å². The van der Waals surface area contributed by atoms with E-state index >= 15 is 0 Å². The summed E-state index contributed by atoms with van der Waals surface area (Å²) in [5, 5.41) is 0. The Morgan fingerprint density at radius 3 is 2.73 bits per heavy atom. The van der Waals surface area contributed by atoms with Crippen LogP contribution in [0.2, 0.25) is 0 Å². The van der Waals surface area contributed by atoms with Crippen LogP contribution in [0.5, 0.6) is 0 Å². The van der Waals surface area contributed by atoms with Gasteiger partial charge in [0.1, 0.15) is 0 Å². The molecule has 0 N–H and O–H groups in total. The Hall–Kier alpha value is 0.194. The summed E-state index contributed by atoms with van der Waals surface area (Å²) in [7, 11) is 0. The molecule has 0 radical (unpaired) electrons. The second-order valence-electron chi connectivity index (χ2n) is 3.19. The third kappa shape index (κ3) is 2.32. The molecule has 0 fully saturated rings. The van der Waals surface area contributed by atoms with E-state index in [1.54, 1.807) is 15.0 Å². The van der Waals surface area contributed by atoms with Crippen LogP contribution in [-0.2, 0) is 20.4 Å². The third-order valence-electron chi connectivity index (χ3n) is 2.20. The molecule has 0 nitrogen and oxygen atoms in total. The van der Waals surface area contributed by atoms with E-state index in [1.165, 1.54) is 25.7 Å². The second-order valence-corrected chi connectivity index (χ2v) is 3.97. The molecule has 1 rings (SSSR count). The summed E-state index contributed by atoms with van der Waals surface area (Å²) in [4.78, 5) is 0. The quantitative estimate of drug-likeness (QED) is 0.588. The molecule has 0 bridgehead atoms. The van der Waals surface area contributed by atoms with E-state index in [2.05, 4.69) is 40.4 Å². The molecule has 0 spiro atoms. The maximum atomic E-state index is 2.39. The Kier molecular flexibility index (Phi) is 3.61. The van der Waals surface area contributed by atoms with Gasteiger partial charge in [-0.25, -0.2) is 0 Å². The molecule has 0 aliphatic heterocycles. The first-order valence-electron chi connectivity index (χ1n) is 4.36. The number of hydrogen-bond acceptors (Lipinski definition) is 0. The molecule has 0 heterocycles. The van der Waals surface area contributed by atoms with Gasteiger partial charge in [-0.1, -0.05) is 0 Å². The maximum absolute atomic E-state index is 2.39. The van der Waals surface area contributed by atoms with Crippen molar-refractivity contribution in [2.75, 3.05) is 0 Å². The fraction of sp³-hybridized carbons (Fsp3) is 0.600. The molecule has 0 amide bonds. The van der Waals surface area contributed by atoms with Crippen LogP contribution < -0.4 is 0 Å². The average molecular weight is 183 g/mol. The summed E-state index contributed by atoms with van der Waals surface area (Å²) in [6, 6.07) is 0. The topological polar surface area (TPSA) is 0 Å². The van der Waals surface area contributed by atoms with Gasteiger partial charge in [-0.2, -0.15) is 0 Å². The molecule has 0 saturated carbocycles. The van der Waals surface area contributed by atoms with Gasteiger partial charge in [0, 0.05) is 0 Å². The van der Waals surface area contributed by atoms with Crippen molar-refractivity contribution in [2.45, 2.75) is 39.5 Å². The minimum atomic E-state index is 1.20. The third-order valence-corrected chi connectivity index (χ3v) is 3.37. The average Bonchev–Trinajstić information content (AvgIpc) is 2.31. The van der Waals surface area contributed by atoms with E-state index in [-0.39, 0.29) is 0 Å². The summed E-state index contributed by atoms with van der Waals surface area (Å²) in [5.41, 5.74) is 3.17. The zero-order valence-corrected chi connectivity index (χ0v) is 8.97. The van der Waals surface area contributed by atoms with Crippen LogP contribution in [0.1, 0.15) is 39.5 Å². The van der Waals surface area contributed by atoms with Gasteiger partial charge < -0.3 is 0 Å². The molecule has 59 valence electrons. The zero-order chi connectivity index (χ0) is 8.27. The summed E-state index contributed by atoms with van der Waals surface area (Å²) < 4.78 is 1.55. The van der Waals surface area contributed by atoms with Crippen LogP contribution in [-0.4, -0.2) is 0 Å². The Balaban J connectivity index is 2.48. The van der Waals surface area contributed by atoms with E-state index in [9.17, 15) is 0 Å². The van der Waals surface area contributed by atoms with Gasteiger partial charge in [0.05, 0.1) is 0 Å². The molecule has 0 saturated heterocycles. The van der Waals surface area contributed by atoms with Crippen molar-refractivity contribution in [1.82, 2.24) is 0 Å². The molecule has 0 atom stereocenters. The van der Waals surface area contributed by atoms with Gasteiger partial charge in [0.2, 0.25) is 0 Å². The predicted octanol–water partition coefficient (Wildman–Crippen LogP) is 3.33. The first-order chi connectivity index (χ1) is 5.25. The van der Waals surface area contributed by atoms with E-state index in [0.717, 1.165) is 0 Å². The van der Waals surface area contributed by atoms with Crippen molar-refractivity contribution in [3.05, 3.63) is 21.1 Å². The molecule has 0 aromatic rings. The van der Waals surface area contributed by atoms with Gasteiger partial charge in [0.15, 0.2) is 0 Å². The first kappa shape index (κ1) is 9.28. The minimum absolute atomic E-state index is 1.20. The van der Waals surface area contributed by atoms with Gasteiger partial charge in [-0.3, -0.25) is 0 Å². The zero-order valence-electron chi connectivity index (χ0n) is 7.41. The predicted molar refractivity (Wildman–Crippen MR) is 44.9 cm³/mol. The van der Waals surface area contributed by atoms with E-state index in [0.29, 0.717) is 0 Å². The van der Waals surface area contributed by atoms with E-state index in [1.807, 2.05) is 0 Å². The Morgan fingerprint density at radius 1 is 1.55 bits per heavy atom. The monoisotopic (exact) mass is 183 g/mol. The Morgan fingerprint density at radius 2 is 2.27 bits per heavy atom. The Labute approximate surface area is 81.2 Å². The molecule has 1 aliphatic rings. The number of rotatable bonds is 3. The molecular formula is C10H15Ti. The summed E-state index contributed by atoms with van der Waals surface area (Å²) >= 11 is 2.25. The number of allylic oxidation sites excluding steroid dienone is 4. The Bertz CT molecular complexity index is 199. The number of hydrogen-bond donors (Lipinski definition) is 0. The van der Waals surface area contributed by atoms with Crippen molar-refractivity contribution in [3.63, 3.8) is 0 Å². The SMILES string of the molecule is CCCCC1=CCC(C)=[C]1[Ti]. The van der Waals surface area contributed by atoms with Crippen molar-refractivity contribution in [3.8, 4) is 0 Å². The van der Waals surface area contributed by atoms with Crippen molar-refractivity contribution in [1.29, 1.82) is 0 Å². The molecule has 0 aromatic heterocycles. The van der Waals surface area contributed by atoms with Crippen LogP contribution in [0.15, 0.2) is 21.1 Å². The van der Waals surface area contributed by atoms with Crippen LogP contribution in [0.4, 0.5) is 0 Å². The second kappa shape index (κ2) is 4.28. The molecule has 1 heteroatoms. The van der Waals surface area contributed by atoms with E-state index in [4.69, 9.17) is 0 Å². The van der Waals surface area contributed by atoms with Gasteiger partial charge in [-0.15, -0.1) is 0 Å². The van der Waals surface area contributed by atoms with Crippen molar-refractivity contribution >= 4 is 0 Å². The fourth-order valence-corrected chi connectivity index (χ4v) is 1.86. The standard InChI is InChI=1S/C10H15.Ti/c1-3-4-5-10-7-6-9(2)8-10;/h7H,3-6H2,1-2H3;. The van der Waals surface area contributed by atoms with Crippen LogP contribution in [0.3, 0.4) is 0 Å². The number of unbranched alkanes of at least 4 members (excludes halogenated alkanes) is 1. The van der Waals surface area contributed by atoms with Crippen LogP contribution >= 0.6 is 0 Å². The van der Waals surface area contributed by atoms with Gasteiger partial charge >= 0.3 is 81.1 Å². The molecule has 1 aliphatic carbocycles. The van der Waals surface area contributed by atoms with E-state index < -0.39 is 0 Å². The molecule has 11 heavy (non-hydrogen) atoms. The first-order valence-corrected chi connectivity index (χ1v) is 5.14. The van der Waals surface area contributed by atoms with Crippen LogP contribution in [0.25, 0.3) is 0 Å².